The predicted molar refractivity (Wildman–Crippen MR) is 51.7 cm³/mol. The first-order valence-corrected chi connectivity index (χ1v) is 4.18. The van der Waals surface area contributed by atoms with Crippen molar-refractivity contribution < 1.29 is 0 Å². The van der Waals surface area contributed by atoms with Gasteiger partial charge in [-0.05, 0) is 30.5 Å². The highest BCUT2D eigenvalue weighted by molar-refractivity contribution is 5.37. The maximum Gasteiger partial charge on any atom is 0.0180 e. The van der Waals surface area contributed by atoms with Crippen molar-refractivity contribution in [3.63, 3.8) is 0 Å². The van der Waals surface area contributed by atoms with Gasteiger partial charge in [0.1, 0.15) is 0 Å². The van der Waals surface area contributed by atoms with Gasteiger partial charge in [-0.1, -0.05) is 17.7 Å². The van der Waals surface area contributed by atoms with E-state index in [1.807, 2.05) is 0 Å². The summed E-state index contributed by atoms with van der Waals surface area (Å²) in [7, 11) is 0. The smallest absolute Gasteiger partial charge is 0.0180 e. The van der Waals surface area contributed by atoms with Gasteiger partial charge in [-0.2, -0.15) is 0 Å². The van der Waals surface area contributed by atoms with Gasteiger partial charge in [0.25, 0.3) is 0 Å². The van der Waals surface area contributed by atoms with Crippen LogP contribution in [0.15, 0.2) is 12.1 Å². The van der Waals surface area contributed by atoms with Gasteiger partial charge in [0.2, 0.25) is 0 Å². The second-order valence-electron chi connectivity index (χ2n) is 3.12. The molecule has 2 nitrogen and oxygen atoms in total. The van der Waals surface area contributed by atoms with Gasteiger partial charge in [0.15, 0.2) is 0 Å². The molecular formula is C10H16N2. The van der Waals surface area contributed by atoms with Crippen LogP contribution in [-0.4, -0.2) is 0 Å². The molecule has 4 N–H and O–H groups in total. The maximum absolute atomic E-state index is 5.60. The molecular weight excluding hydrogens is 148 g/mol. The molecule has 0 atom stereocenters. The first kappa shape index (κ1) is 9.23. The number of aryl methyl sites for hydroxylation is 1. The normalized spacial score (nSPS) is 10.3. The lowest BCUT2D eigenvalue weighted by Gasteiger charge is -2.09. The van der Waals surface area contributed by atoms with Crippen LogP contribution in [0, 0.1) is 13.8 Å². The summed E-state index contributed by atoms with van der Waals surface area (Å²) in [6.07, 6.45) is 0. The molecule has 0 saturated heterocycles. The summed E-state index contributed by atoms with van der Waals surface area (Å²) >= 11 is 0. The number of hydrogen-bond donors (Lipinski definition) is 2. The molecule has 1 aromatic carbocycles. The molecule has 0 aliphatic carbocycles. The Labute approximate surface area is 73.6 Å². The summed E-state index contributed by atoms with van der Waals surface area (Å²) < 4.78 is 0. The van der Waals surface area contributed by atoms with Crippen LogP contribution in [0.5, 0.6) is 0 Å². The Bertz CT molecular complexity index is 254. The van der Waals surface area contributed by atoms with Crippen LogP contribution in [0.1, 0.15) is 22.3 Å². The lowest BCUT2D eigenvalue weighted by Crippen LogP contribution is -2.06. The SMILES string of the molecule is Cc1cc(CN)c(C)c(CN)c1. The minimum atomic E-state index is 0.598. The largest absolute Gasteiger partial charge is 0.326 e. The third kappa shape index (κ3) is 1.65. The molecule has 0 radical (unpaired) electrons. The topological polar surface area (TPSA) is 52.0 Å². The van der Waals surface area contributed by atoms with Gasteiger partial charge in [0, 0.05) is 13.1 Å². The van der Waals surface area contributed by atoms with E-state index >= 15 is 0 Å². The summed E-state index contributed by atoms with van der Waals surface area (Å²) in [6, 6.07) is 4.24. The summed E-state index contributed by atoms with van der Waals surface area (Å²) in [5, 5.41) is 0. The summed E-state index contributed by atoms with van der Waals surface area (Å²) in [6.45, 7) is 5.34. The van der Waals surface area contributed by atoms with E-state index in [9.17, 15) is 0 Å². The molecule has 0 unspecified atom stereocenters. The Morgan fingerprint density at radius 3 is 1.75 bits per heavy atom. The van der Waals surface area contributed by atoms with E-state index in [4.69, 9.17) is 11.5 Å². The zero-order valence-corrected chi connectivity index (χ0v) is 7.72. The summed E-state index contributed by atoms with van der Waals surface area (Å²) in [5.41, 5.74) is 16.1. The van der Waals surface area contributed by atoms with E-state index in [0.717, 1.165) is 0 Å². The van der Waals surface area contributed by atoms with Crippen LogP contribution in [0.25, 0.3) is 0 Å². The second-order valence-corrected chi connectivity index (χ2v) is 3.12. The highest BCUT2D eigenvalue weighted by atomic mass is 14.5. The van der Waals surface area contributed by atoms with Crippen molar-refractivity contribution in [3.05, 3.63) is 34.4 Å². The molecule has 0 bridgehead atoms. The number of rotatable bonds is 2. The molecule has 0 aromatic heterocycles. The van der Waals surface area contributed by atoms with Crippen molar-refractivity contribution >= 4 is 0 Å². The fourth-order valence-corrected chi connectivity index (χ4v) is 1.44. The van der Waals surface area contributed by atoms with Gasteiger partial charge < -0.3 is 11.5 Å². The zero-order chi connectivity index (χ0) is 9.14. The fourth-order valence-electron chi connectivity index (χ4n) is 1.44. The van der Waals surface area contributed by atoms with Crippen LogP contribution in [0.4, 0.5) is 0 Å². The lowest BCUT2D eigenvalue weighted by molar-refractivity contribution is 0.987. The summed E-state index contributed by atoms with van der Waals surface area (Å²) in [4.78, 5) is 0. The molecule has 0 aliphatic rings. The third-order valence-electron chi connectivity index (χ3n) is 2.21. The Morgan fingerprint density at radius 2 is 1.42 bits per heavy atom. The van der Waals surface area contributed by atoms with E-state index < -0.39 is 0 Å². The Kier molecular flexibility index (Phi) is 2.84. The zero-order valence-electron chi connectivity index (χ0n) is 7.72. The van der Waals surface area contributed by atoms with Gasteiger partial charge in [0.05, 0.1) is 0 Å². The summed E-state index contributed by atoms with van der Waals surface area (Å²) in [5.74, 6) is 0. The van der Waals surface area contributed by atoms with Crippen molar-refractivity contribution in [2.24, 2.45) is 11.5 Å². The quantitative estimate of drug-likeness (QED) is 0.690. The standard InChI is InChI=1S/C10H16N2/c1-7-3-9(5-11)8(2)10(4-7)6-12/h3-4H,5-6,11-12H2,1-2H3. The Balaban J connectivity index is 3.22. The molecule has 2 heteroatoms. The Hall–Kier alpha value is -0.860. The van der Waals surface area contributed by atoms with Crippen molar-refractivity contribution in [2.45, 2.75) is 26.9 Å². The molecule has 1 aromatic rings. The van der Waals surface area contributed by atoms with Gasteiger partial charge in [-0.25, -0.2) is 0 Å². The second kappa shape index (κ2) is 3.70. The van der Waals surface area contributed by atoms with Crippen molar-refractivity contribution in [2.75, 3.05) is 0 Å². The number of benzene rings is 1. The fraction of sp³-hybridized carbons (Fsp3) is 0.400. The van der Waals surface area contributed by atoms with Crippen LogP contribution >= 0.6 is 0 Å². The molecule has 66 valence electrons. The minimum absolute atomic E-state index is 0.598. The molecule has 0 amide bonds. The monoisotopic (exact) mass is 164 g/mol. The number of nitrogens with two attached hydrogens (primary N) is 2. The first-order valence-electron chi connectivity index (χ1n) is 4.18. The highest BCUT2D eigenvalue weighted by Gasteiger charge is 2.02. The Morgan fingerprint density at radius 1 is 1.00 bits per heavy atom. The van der Waals surface area contributed by atoms with Crippen LogP contribution in [0.2, 0.25) is 0 Å². The van der Waals surface area contributed by atoms with Crippen molar-refractivity contribution in [3.8, 4) is 0 Å². The van der Waals surface area contributed by atoms with E-state index in [1.165, 1.54) is 22.3 Å². The van der Waals surface area contributed by atoms with E-state index in [-0.39, 0.29) is 0 Å². The van der Waals surface area contributed by atoms with Crippen LogP contribution in [-0.2, 0) is 13.1 Å². The number of hydrogen-bond acceptors (Lipinski definition) is 2. The van der Waals surface area contributed by atoms with E-state index in [1.54, 1.807) is 0 Å². The van der Waals surface area contributed by atoms with Gasteiger partial charge >= 0.3 is 0 Å². The average Bonchev–Trinajstić information content (AvgIpc) is 2.08. The van der Waals surface area contributed by atoms with Gasteiger partial charge in [-0.3, -0.25) is 0 Å². The van der Waals surface area contributed by atoms with Crippen LogP contribution in [0.3, 0.4) is 0 Å². The van der Waals surface area contributed by atoms with Gasteiger partial charge in [-0.15, -0.1) is 0 Å². The molecule has 0 heterocycles. The lowest BCUT2D eigenvalue weighted by atomic mass is 9.99. The average molecular weight is 164 g/mol. The van der Waals surface area contributed by atoms with E-state index in [0.29, 0.717) is 13.1 Å². The molecule has 0 aliphatic heterocycles. The highest BCUT2D eigenvalue weighted by Crippen LogP contribution is 2.15. The minimum Gasteiger partial charge on any atom is -0.326 e. The van der Waals surface area contributed by atoms with E-state index in [2.05, 4.69) is 26.0 Å². The van der Waals surface area contributed by atoms with Crippen molar-refractivity contribution in [1.82, 2.24) is 0 Å². The first-order chi connectivity index (χ1) is 5.69. The molecule has 0 fully saturated rings. The maximum atomic E-state index is 5.60. The van der Waals surface area contributed by atoms with Crippen molar-refractivity contribution in [1.29, 1.82) is 0 Å². The molecule has 0 saturated carbocycles. The van der Waals surface area contributed by atoms with Crippen LogP contribution < -0.4 is 11.5 Å². The third-order valence-corrected chi connectivity index (χ3v) is 2.21. The molecule has 0 spiro atoms. The molecule has 1 rings (SSSR count). The molecule has 12 heavy (non-hydrogen) atoms. The predicted octanol–water partition coefficient (Wildman–Crippen LogP) is 1.22.